The van der Waals surface area contributed by atoms with Crippen LogP contribution in [-0.4, -0.2) is 31.4 Å². The number of benzene rings is 1. The van der Waals surface area contributed by atoms with E-state index in [1.165, 1.54) is 28.7 Å². The van der Waals surface area contributed by atoms with Crippen LogP contribution in [0.2, 0.25) is 0 Å². The highest BCUT2D eigenvalue weighted by atomic mass is 32.2. The van der Waals surface area contributed by atoms with Crippen molar-refractivity contribution in [2.75, 3.05) is 16.8 Å². The van der Waals surface area contributed by atoms with Crippen molar-refractivity contribution in [1.82, 2.24) is 19.7 Å². The first kappa shape index (κ1) is 19.4. The number of anilines is 2. The molecule has 0 saturated carbocycles. The second-order valence-electron chi connectivity index (χ2n) is 6.70. The Balaban J connectivity index is 1.48. The number of aryl methyl sites for hydroxylation is 2. The Bertz CT molecular complexity index is 1210. The van der Waals surface area contributed by atoms with E-state index in [1.807, 2.05) is 55.8 Å². The Morgan fingerprint density at radius 1 is 1.24 bits per heavy atom. The van der Waals surface area contributed by atoms with Gasteiger partial charge in [0.15, 0.2) is 11.0 Å². The molecule has 3 N–H and O–H groups in total. The normalized spacial score (nSPS) is 11.1. The first-order chi connectivity index (χ1) is 13.9. The third-order valence-electron chi connectivity index (χ3n) is 4.67. The number of nitrogens with one attached hydrogen (secondary N) is 1. The minimum Gasteiger partial charge on any atom is -0.397 e. The lowest BCUT2D eigenvalue weighted by Gasteiger charge is -2.07. The van der Waals surface area contributed by atoms with E-state index in [2.05, 4.69) is 20.5 Å². The number of hydrogen-bond donors (Lipinski definition) is 2. The maximum Gasteiger partial charge on any atom is 0.234 e. The molecule has 0 unspecified atom stereocenters. The number of carbonyl (C=O) groups excluding carboxylic acids is 1. The number of fused-ring (bicyclic) bond motifs is 1. The van der Waals surface area contributed by atoms with E-state index in [0.29, 0.717) is 16.7 Å². The van der Waals surface area contributed by atoms with E-state index in [0.717, 1.165) is 26.3 Å². The fourth-order valence-corrected chi connectivity index (χ4v) is 4.70. The van der Waals surface area contributed by atoms with E-state index in [1.54, 1.807) is 6.20 Å². The molecule has 9 heteroatoms. The van der Waals surface area contributed by atoms with Crippen LogP contribution < -0.4 is 11.1 Å². The Morgan fingerprint density at radius 2 is 2.07 bits per heavy atom. The number of hydrogen-bond acceptors (Lipinski definition) is 7. The smallest absolute Gasteiger partial charge is 0.234 e. The third kappa shape index (κ3) is 3.83. The Morgan fingerprint density at radius 3 is 2.83 bits per heavy atom. The van der Waals surface area contributed by atoms with Gasteiger partial charge in [0.1, 0.15) is 4.83 Å². The van der Waals surface area contributed by atoms with Crippen molar-refractivity contribution in [3.8, 4) is 10.7 Å². The molecule has 3 aromatic heterocycles. The predicted molar refractivity (Wildman–Crippen MR) is 119 cm³/mol. The molecule has 148 valence electrons. The van der Waals surface area contributed by atoms with Crippen molar-refractivity contribution < 1.29 is 4.79 Å². The second kappa shape index (κ2) is 7.84. The number of nitrogen functional groups attached to an aromatic ring is 1. The maximum atomic E-state index is 12.3. The number of thioether (sulfide) groups is 1. The van der Waals surface area contributed by atoms with Crippen molar-refractivity contribution in [3.63, 3.8) is 0 Å². The molecule has 0 saturated heterocycles. The average molecular weight is 425 g/mol. The molecule has 3 heterocycles. The lowest BCUT2D eigenvalue weighted by atomic mass is 10.1. The van der Waals surface area contributed by atoms with E-state index in [-0.39, 0.29) is 11.7 Å². The van der Waals surface area contributed by atoms with Crippen LogP contribution in [0.1, 0.15) is 11.1 Å². The number of aromatic nitrogens is 4. The van der Waals surface area contributed by atoms with Crippen LogP contribution in [0, 0.1) is 13.8 Å². The number of carbonyl (C=O) groups is 1. The van der Waals surface area contributed by atoms with Gasteiger partial charge in [0, 0.05) is 24.3 Å². The number of rotatable bonds is 5. The number of pyridine rings is 1. The summed E-state index contributed by atoms with van der Waals surface area (Å²) in [5.41, 5.74) is 10.1. The zero-order chi connectivity index (χ0) is 20.5. The SMILES string of the molecule is Cc1ccc(NC(=O)CSc2nnc(-c3sc4ncccc4c3N)n2C)cc1C. The van der Waals surface area contributed by atoms with Crippen LogP contribution in [0.4, 0.5) is 11.4 Å². The van der Waals surface area contributed by atoms with Gasteiger partial charge in [-0.05, 0) is 49.2 Å². The predicted octanol–water partition coefficient (Wildman–Crippen LogP) is 4.02. The molecular weight excluding hydrogens is 404 g/mol. The van der Waals surface area contributed by atoms with Crippen LogP contribution in [0.3, 0.4) is 0 Å². The van der Waals surface area contributed by atoms with Gasteiger partial charge in [-0.3, -0.25) is 4.79 Å². The van der Waals surface area contributed by atoms with Crippen molar-refractivity contribution in [3.05, 3.63) is 47.7 Å². The lowest BCUT2D eigenvalue weighted by molar-refractivity contribution is -0.113. The summed E-state index contributed by atoms with van der Waals surface area (Å²) in [5, 5.41) is 13.0. The quantitative estimate of drug-likeness (QED) is 0.470. The minimum absolute atomic E-state index is 0.0895. The van der Waals surface area contributed by atoms with Gasteiger partial charge in [0.2, 0.25) is 5.91 Å². The fraction of sp³-hybridized carbons (Fsp3) is 0.200. The molecule has 0 fully saturated rings. The topological polar surface area (TPSA) is 98.7 Å². The molecule has 0 aliphatic heterocycles. The number of thiophene rings is 1. The summed E-state index contributed by atoms with van der Waals surface area (Å²) in [6.07, 6.45) is 1.74. The Kier molecular flexibility index (Phi) is 5.25. The third-order valence-corrected chi connectivity index (χ3v) is 6.81. The van der Waals surface area contributed by atoms with E-state index in [4.69, 9.17) is 5.73 Å². The van der Waals surface area contributed by atoms with Crippen molar-refractivity contribution in [2.24, 2.45) is 7.05 Å². The summed E-state index contributed by atoms with van der Waals surface area (Å²) in [6, 6.07) is 9.68. The van der Waals surface area contributed by atoms with Crippen molar-refractivity contribution >= 4 is 50.6 Å². The van der Waals surface area contributed by atoms with Crippen LogP contribution in [-0.2, 0) is 11.8 Å². The summed E-state index contributed by atoms with van der Waals surface area (Å²) in [4.78, 5) is 18.4. The molecule has 0 atom stereocenters. The van der Waals surface area contributed by atoms with Gasteiger partial charge in [0.05, 0.1) is 16.3 Å². The van der Waals surface area contributed by atoms with E-state index >= 15 is 0 Å². The van der Waals surface area contributed by atoms with Crippen LogP contribution in [0.5, 0.6) is 0 Å². The first-order valence-electron chi connectivity index (χ1n) is 8.96. The van der Waals surface area contributed by atoms with Gasteiger partial charge >= 0.3 is 0 Å². The van der Waals surface area contributed by atoms with E-state index in [9.17, 15) is 4.79 Å². The molecule has 0 aliphatic carbocycles. The standard InChI is InChI=1S/C20H20N6OS2/c1-11-6-7-13(9-12(11)2)23-15(27)10-28-20-25-24-18(26(20)3)17-16(21)14-5-4-8-22-19(14)29-17/h4-9H,10,21H2,1-3H3,(H,23,27). The van der Waals surface area contributed by atoms with Crippen molar-refractivity contribution in [1.29, 1.82) is 0 Å². The van der Waals surface area contributed by atoms with E-state index < -0.39 is 0 Å². The van der Waals surface area contributed by atoms with Crippen LogP contribution in [0.15, 0.2) is 41.7 Å². The molecule has 7 nitrogen and oxygen atoms in total. The second-order valence-corrected chi connectivity index (χ2v) is 8.64. The maximum absolute atomic E-state index is 12.3. The first-order valence-corrected chi connectivity index (χ1v) is 10.8. The van der Waals surface area contributed by atoms with Crippen LogP contribution in [0.25, 0.3) is 20.9 Å². The highest BCUT2D eigenvalue weighted by molar-refractivity contribution is 7.99. The fourth-order valence-electron chi connectivity index (χ4n) is 2.90. The molecule has 0 aliphatic rings. The lowest BCUT2D eigenvalue weighted by Crippen LogP contribution is -2.14. The van der Waals surface area contributed by atoms with Crippen molar-refractivity contribution in [2.45, 2.75) is 19.0 Å². The van der Waals surface area contributed by atoms with Crippen LogP contribution >= 0.6 is 23.1 Å². The summed E-state index contributed by atoms with van der Waals surface area (Å²) in [6.45, 7) is 4.07. The number of nitrogens with zero attached hydrogens (tertiary/aromatic N) is 4. The molecule has 1 aromatic carbocycles. The van der Waals surface area contributed by atoms with Gasteiger partial charge < -0.3 is 15.6 Å². The Labute approximate surface area is 176 Å². The van der Waals surface area contributed by atoms with Gasteiger partial charge in [-0.2, -0.15) is 0 Å². The zero-order valence-electron chi connectivity index (χ0n) is 16.3. The number of nitrogens with two attached hydrogens (primary N) is 1. The van der Waals surface area contributed by atoms with Gasteiger partial charge in [-0.25, -0.2) is 4.98 Å². The minimum atomic E-state index is -0.0895. The molecule has 29 heavy (non-hydrogen) atoms. The summed E-state index contributed by atoms with van der Waals surface area (Å²) in [7, 11) is 1.87. The average Bonchev–Trinajstić information content (AvgIpc) is 3.23. The molecule has 1 amide bonds. The molecular formula is C20H20N6OS2. The number of amides is 1. The molecule has 0 radical (unpaired) electrons. The monoisotopic (exact) mass is 424 g/mol. The summed E-state index contributed by atoms with van der Waals surface area (Å²) < 4.78 is 1.86. The van der Waals surface area contributed by atoms with Gasteiger partial charge in [-0.1, -0.05) is 17.8 Å². The molecule has 4 rings (SSSR count). The summed E-state index contributed by atoms with van der Waals surface area (Å²) in [5.74, 6) is 0.818. The molecule has 4 aromatic rings. The highest BCUT2D eigenvalue weighted by Crippen LogP contribution is 2.39. The molecule has 0 bridgehead atoms. The Hall–Kier alpha value is -2.91. The highest BCUT2D eigenvalue weighted by Gasteiger charge is 2.19. The van der Waals surface area contributed by atoms with Gasteiger partial charge in [-0.15, -0.1) is 21.5 Å². The van der Waals surface area contributed by atoms with Gasteiger partial charge in [0.25, 0.3) is 0 Å². The summed E-state index contributed by atoms with van der Waals surface area (Å²) >= 11 is 2.82. The molecule has 0 spiro atoms. The zero-order valence-corrected chi connectivity index (χ0v) is 17.9. The largest absolute Gasteiger partial charge is 0.397 e.